The van der Waals surface area contributed by atoms with Crippen LogP contribution in [0.3, 0.4) is 0 Å². The maximum Gasteiger partial charge on any atom is 0.336 e. The summed E-state index contributed by atoms with van der Waals surface area (Å²) in [7, 11) is 0. The number of aromatic amines is 1. The number of imidazole rings is 1. The first-order valence-corrected chi connectivity index (χ1v) is 5.33. The molecule has 0 saturated heterocycles. The van der Waals surface area contributed by atoms with E-state index in [0.717, 1.165) is 6.92 Å². The van der Waals surface area contributed by atoms with E-state index in [1.54, 1.807) is 0 Å². The van der Waals surface area contributed by atoms with Gasteiger partial charge in [-0.25, -0.2) is 9.78 Å². The number of nitrogens with one attached hydrogen (secondary N) is 1. The molecule has 1 rings (SSSR count). The van der Waals surface area contributed by atoms with E-state index < -0.39 is 29.1 Å². The van der Waals surface area contributed by atoms with E-state index in [2.05, 4.69) is 9.97 Å². The fourth-order valence-corrected chi connectivity index (χ4v) is 1.76. The normalized spacial score (nSPS) is 15.7. The van der Waals surface area contributed by atoms with Crippen LogP contribution in [0.1, 0.15) is 30.8 Å². The van der Waals surface area contributed by atoms with Gasteiger partial charge in [-0.05, 0) is 13.3 Å². The number of carboxylic acid groups (broad SMARTS) is 1. The largest absolute Gasteiger partial charge is 0.479 e. The maximum absolute atomic E-state index is 12.0. The van der Waals surface area contributed by atoms with Gasteiger partial charge in [-0.15, -0.1) is 0 Å². The molecule has 0 radical (unpaired) electrons. The van der Waals surface area contributed by atoms with Gasteiger partial charge in [0, 0.05) is 0 Å². The van der Waals surface area contributed by atoms with Crippen molar-refractivity contribution in [3.05, 3.63) is 18.2 Å². The van der Waals surface area contributed by atoms with Gasteiger partial charge in [0.2, 0.25) is 0 Å². The second kappa shape index (κ2) is 5.09. The molecule has 1 heterocycles. The fraction of sp³-hybridized carbons (Fsp3) is 0.455. The Hall–Kier alpha value is -2.02. The molecule has 18 heavy (non-hydrogen) atoms. The summed E-state index contributed by atoms with van der Waals surface area (Å²) < 4.78 is 0. The minimum atomic E-state index is -2.41. The van der Waals surface area contributed by atoms with Crippen LogP contribution in [0.5, 0.6) is 0 Å². The zero-order chi connectivity index (χ0) is 13.9. The van der Waals surface area contributed by atoms with Crippen molar-refractivity contribution in [3.8, 4) is 0 Å². The van der Waals surface area contributed by atoms with Gasteiger partial charge in [0.05, 0.1) is 12.5 Å². The van der Waals surface area contributed by atoms with Crippen molar-refractivity contribution >= 4 is 17.5 Å². The smallest absolute Gasteiger partial charge is 0.336 e. The molecule has 0 aliphatic carbocycles. The molecule has 3 N–H and O–H groups in total. The second-order valence-electron chi connectivity index (χ2n) is 3.96. The summed E-state index contributed by atoms with van der Waals surface area (Å²) in [6.45, 7) is 2.47. The van der Waals surface area contributed by atoms with E-state index in [4.69, 9.17) is 5.11 Å². The van der Waals surface area contributed by atoms with Gasteiger partial charge in [0.15, 0.2) is 11.4 Å². The molecule has 0 fully saturated rings. The van der Waals surface area contributed by atoms with Crippen LogP contribution in [0.25, 0.3) is 0 Å². The minimum absolute atomic E-state index is 0.0108. The molecule has 2 unspecified atom stereocenters. The van der Waals surface area contributed by atoms with Gasteiger partial charge in [0.25, 0.3) is 0 Å². The van der Waals surface area contributed by atoms with Crippen molar-refractivity contribution in [2.75, 3.05) is 0 Å². The number of carbonyl (C=O) groups is 3. The van der Waals surface area contributed by atoms with Gasteiger partial charge in [-0.1, -0.05) is 6.92 Å². The number of H-pyrrole nitrogens is 1. The third-order valence-corrected chi connectivity index (χ3v) is 2.82. The molecule has 2 atom stereocenters. The molecule has 0 bridgehead atoms. The van der Waals surface area contributed by atoms with Crippen molar-refractivity contribution < 1.29 is 24.6 Å². The Bertz CT molecular complexity index is 468. The number of aliphatic hydroxyl groups is 1. The first-order valence-electron chi connectivity index (χ1n) is 5.33. The highest BCUT2D eigenvalue weighted by Gasteiger charge is 2.49. The number of aliphatic carboxylic acids is 1. The number of carboxylic acids is 1. The standard InChI is InChI=1S/C11H14N2O5/c1-3-11(18,10(16)17)8(6(2)14)9(15)7-4-12-5-13-7/h4-5,8,18H,3H2,1-2H3,(H,12,13)(H,16,17). The topological polar surface area (TPSA) is 120 Å². The van der Waals surface area contributed by atoms with Gasteiger partial charge in [-0.2, -0.15) is 0 Å². The van der Waals surface area contributed by atoms with Crippen LogP contribution >= 0.6 is 0 Å². The molecule has 7 nitrogen and oxygen atoms in total. The maximum atomic E-state index is 12.0. The van der Waals surface area contributed by atoms with E-state index in [1.807, 2.05) is 0 Å². The third kappa shape index (κ3) is 2.30. The van der Waals surface area contributed by atoms with E-state index in [0.29, 0.717) is 0 Å². The molecule has 0 aliphatic heterocycles. The average molecular weight is 254 g/mol. The first-order chi connectivity index (χ1) is 8.34. The molecule has 1 aromatic rings. The quantitative estimate of drug-likeness (QED) is 0.486. The Morgan fingerprint density at radius 2 is 2.11 bits per heavy atom. The Labute approximate surface area is 103 Å². The predicted octanol–water partition coefficient (Wildman–Crippen LogP) is 0.0233. The zero-order valence-corrected chi connectivity index (χ0v) is 10.0. The van der Waals surface area contributed by atoms with Gasteiger partial charge < -0.3 is 15.2 Å². The summed E-state index contributed by atoms with van der Waals surface area (Å²) in [5.41, 5.74) is -2.42. The molecule has 7 heteroatoms. The molecular weight excluding hydrogens is 240 g/mol. The fourth-order valence-electron chi connectivity index (χ4n) is 1.76. The lowest BCUT2D eigenvalue weighted by atomic mass is 9.79. The molecule has 0 saturated carbocycles. The van der Waals surface area contributed by atoms with Crippen LogP contribution in [0, 0.1) is 5.92 Å². The van der Waals surface area contributed by atoms with Crippen LogP contribution in [0.4, 0.5) is 0 Å². The molecular formula is C11H14N2O5. The SMILES string of the molecule is CCC(O)(C(=O)O)C(C(C)=O)C(=O)c1cnc[nH]1. The summed E-state index contributed by atoms with van der Waals surface area (Å²) in [5.74, 6) is -4.74. The van der Waals surface area contributed by atoms with E-state index in [9.17, 15) is 19.5 Å². The Kier molecular flexibility index (Phi) is 3.97. The van der Waals surface area contributed by atoms with Crippen molar-refractivity contribution in [1.82, 2.24) is 9.97 Å². The number of hydrogen-bond acceptors (Lipinski definition) is 5. The van der Waals surface area contributed by atoms with Crippen LogP contribution in [0.15, 0.2) is 12.5 Å². The molecule has 0 aliphatic rings. The minimum Gasteiger partial charge on any atom is -0.479 e. The summed E-state index contributed by atoms with van der Waals surface area (Å²) in [6, 6.07) is 0. The van der Waals surface area contributed by atoms with Crippen LogP contribution in [0.2, 0.25) is 0 Å². The van der Waals surface area contributed by atoms with Crippen molar-refractivity contribution in [2.24, 2.45) is 5.92 Å². The molecule has 0 aromatic carbocycles. The average Bonchev–Trinajstić information content (AvgIpc) is 2.81. The summed E-state index contributed by atoms with van der Waals surface area (Å²) in [5, 5.41) is 19.0. The van der Waals surface area contributed by atoms with Crippen molar-refractivity contribution in [3.63, 3.8) is 0 Å². The number of carbonyl (C=O) groups excluding carboxylic acids is 2. The van der Waals surface area contributed by atoms with Gasteiger partial charge in [-0.3, -0.25) is 9.59 Å². The highest BCUT2D eigenvalue weighted by atomic mass is 16.4. The highest BCUT2D eigenvalue weighted by Crippen LogP contribution is 2.26. The van der Waals surface area contributed by atoms with Crippen LogP contribution in [-0.4, -0.2) is 43.3 Å². The lowest BCUT2D eigenvalue weighted by molar-refractivity contribution is -0.165. The molecule has 0 amide bonds. The molecule has 1 aromatic heterocycles. The number of Topliss-reactive ketones (excluding diaryl/α,β-unsaturated/α-hetero) is 2. The number of rotatable bonds is 6. The van der Waals surface area contributed by atoms with Crippen LogP contribution in [-0.2, 0) is 9.59 Å². The summed E-state index contributed by atoms with van der Waals surface area (Å²) in [6.07, 6.45) is 2.15. The lowest BCUT2D eigenvalue weighted by Crippen LogP contribution is -2.51. The van der Waals surface area contributed by atoms with E-state index >= 15 is 0 Å². The number of nitrogens with zero attached hydrogens (tertiary/aromatic N) is 1. The van der Waals surface area contributed by atoms with Crippen molar-refractivity contribution in [1.29, 1.82) is 0 Å². The monoisotopic (exact) mass is 254 g/mol. The predicted molar refractivity (Wildman–Crippen MR) is 60.0 cm³/mol. The summed E-state index contributed by atoms with van der Waals surface area (Å²) in [4.78, 5) is 40.8. The first kappa shape index (κ1) is 14.0. The van der Waals surface area contributed by atoms with Crippen molar-refractivity contribution in [2.45, 2.75) is 25.9 Å². The Balaban J connectivity index is 3.22. The van der Waals surface area contributed by atoms with Crippen LogP contribution < -0.4 is 0 Å². The molecule has 0 spiro atoms. The number of hydrogen-bond donors (Lipinski definition) is 3. The Morgan fingerprint density at radius 1 is 1.50 bits per heavy atom. The van der Waals surface area contributed by atoms with E-state index in [-0.39, 0.29) is 12.1 Å². The van der Waals surface area contributed by atoms with Gasteiger partial charge >= 0.3 is 5.97 Å². The summed E-state index contributed by atoms with van der Waals surface area (Å²) >= 11 is 0. The molecule has 98 valence electrons. The number of ketones is 2. The number of aromatic nitrogens is 2. The third-order valence-electron chi connectivity index (χ3n) is 2.82. The Morgan fingerprint density at radius 3 is 2.44 bits per heavy atom. The highest BCUT2D eigenvalue weighted by molar-refractivity contribution is 6.12. The van der Waals surface area contributed by atoms with Gasteiger partial charge in [0.1, 0.15) is 17.4 Å². The zero-order valence-electron chi connectivity index (χ0n) is 10.0. The second-order valence-corrected chi connectivity index (χ2v) is 3.96. The van der Waals surface area contributed by atoms with E-state index in [1.165, 1.54) is 19.4 Å². The lowest BCUT2D eigenvalue weighted by Gasteiger charge is -2.28.